The van der Waals surface area contributed by atoms with Gasteiger partial charge in [0.15, 0.2) is 0 Å². The topological polar surface area (TPSA) is 91.3 Å². The van der Waals surface area contributed by atoms with Gasteiger partial charge >= 0.3 is 12.0 Å². The lowest BCUT2D eigenvalue weighted by Gasteiger charge is -2.13. The first-order valence-electron chi connectivity index (χ1n) is 6.17. The first kappa shape index (κ1) is 16.8. The molecule has 0 aliphatic heterocycles. The van der Waals surface area contributed by atoms with Gasteiger partial charge in [0.2, 0.25) is 0 Å². The van der Waals surface area contributed by atoms with Gasteiger partial charge in [-0.2, -0.15) is 11.8 Å². The molecule has 1 rings (SSSR count). The van der Waals surface area contributed by atoms with E-state index in [9.17, 15) is 9.59 Å². The first-order chi connectivity index (χ1) is 9.43. The number of hydrogen-bond donors (Lipinski definition) is 3. The summed E-state index contributed by atoms with van der Waals surface area (Å²) in [5, 5.41) is 15.0. The van der Waals surface area contributed by atoms with Gasteiger partial charge in [0.25, 0.3) is 0 Å². The lowest BCUT2D eigenvalue weighted by atomic mass is 10.3. The summed E-state index contributed by atoms with van der Waals surface area (Å²) in [7, 11) is 0. The van der Waals surface area contributed by atoms with Gasteiger partial charge in [-0.15, -0.1) is 11.3 Å². The Kier molecular flexibility index (Phi) is 6.80. The SMILES string of the molecule is CSCCC(C)NC(=O)NCc1nc(C)c(C(=O)O)s1. The van der Waals surface area contributed by atoms with Crippen molar-refractivity contribution in [2.45, 2.75) is 32.9 Å². The van der Waals surface area contributed by atoms with Crippen LogP contribution >= 0.6 is 23.1 Å². The number of thiazole rings is 1. The van der Waals surface area contributed by atoms with Gasteiger partial charge in [0.1, 0.15) is 9.88 Å². The largest absolute Gasteiger partial charge is 0.477 e. The van der Waals surface area contributed by atoms with Crippen molar-refractivity contribution in [3.8, 4) is 0 Å². The maximum absolute atomic E-state index is 11.6. The van der Waals surface area contributed by atoms with Crippen LogP contribution in [0.15, 0.2) is 0 Å². The van der Waals surface area contributed by atoms with Crippen LogP contribution < -0.4 is 10.6 Å². The molecule has 3 N–H and O–H groups in total. The van der Waals surface area contributed by atoms with Crippen molar-refractivity contribution >= 4 is 35.1 Å². The third-order valence-electron chi connectivity index (χ3n) is 2.57. The van der Waals surface area contributed by atoms with Gasteiger partial charge in [-0.3, -0.25) is 0 Å². The molecular formula is C12H19N3O3S2. The zero-order valence-electron chi connectivity index (χ0n) is 11.7. The van der Waals surface area contributed by atoms with E-state index >= 15 is 0 Å². The van der Waals surface area contributed by atoms with Crippen molar-refractivity contribution in [2.75, 3.05) is 12.0 Å². The Morgan fingerprint density at radius 1 is 1.50 bits per heavy atom. The Morgan fingerprint density at radius 2 is 2.20 bits per heavy atom. The second-order valence-corrected chi connectivity index (χ2v) is 6.41. The molecule has 0 aromatic carbocycles. The number of urea groups is 1. The van der Waals surface area contributed by atoms with Crippen molar-refractivity contribution in [1.82, 2.24) is 15.6 Å². The number of aryl methyl sites for hydroxylation is 1. The number of amides is 2. The molecule has 0 saturated heterocycles. The number of thioether (sulfide) groups is 1. The third-order valence-corrected chi connectivity index (χ3v) is 4.36. The van der Waals surface area contributed by atoms with E-state index in [2.05, 4.69) is 15.6 Å². The molecule has 6 nitrogen and oxygen atoms in total. The van der Waals surface area contributed by atoms with Gasteiger partial charge in [0, 0.05) is 6.04 Å². The highest BCUT2D eigenvalue weighted by atomic mass is 32.2. The number of carboxylic acids is 1. The van der Waals surface area contributed by atoms with Crippen molar-refractivity contribution < 1.29 is 14.7 Å². The monoisotopic (exact) mass is 317 g/mol. The number of carbonyl (C=O) groups is 2. The highest BCUT2D eigenvalue weighted by molar-refractivity contribution is 7.98. The number of nitrogens with one attached hydrogen (secondary N) is 2. The molecule has 0 bridgehead atoms. The molecule has 112 valence electrons. The predicted molar refractivity (Wildman–Crippen MR) is 81.6 cm³/mol. The quantitative estimate of drug-likeness (QED) is 0.716. The fraction of sp³-hybridized carbons (Fsp3) is 0.583. The number of nitrogens with zero attached hydrogens (tertiary/aromatic N) is 1. The maximum atomic E-state index is 11.6. The molecule has 1 aromatic rings. The second-order valence-electron chi connectivity index (χ2n) is 4.34. The van der Waals surface area contributed by atoms with Gasteiger partial charge in [-0.25, -0.2) is 14.6 Å². The van der Waals surface area contributed by atoms with E-state index in [0.717, 1.165) is 23.5 Å². The van der Waals surface area contributed by atoms with Gasteiger partial charge < -0.3 is 15.7 Å². The molecule has 2 amide bonds. The van der Waals surface area contributed by atoms with Crippen LogP contribution in [-0.4, -0.2) is 40.1 Å². The Labute approximate surface area is 126 Å². The predicted octanol–water partition coefficient (Wildman–Crippen LogP) is 2.09. The molecule has 0 aliphatic rings. The summed E-state index contributed by atoms with van der Waals surface area (Å²) in [6.07, 6.45) is 2.94. The molecule has 1 atom stereocenters. The molecule has 8 heteroatoms. The van der Waals surface area contributed by atoms with Crippen LogP contribution in [0.3, 0.4) is 0 Å². The van der Waals surface area contributed by atoms with Crippen LogP contribution in [0.4, 0.5) is 4.79 Å². The second kappa shape index (κ2) is 8.11. The average molecular weight is 317 g/mol. The molecule has 0 radical (unpaired) electrons. The van der Waals surface area contributed by atoms with E-state index in [1.807, 2.05) is 13.2 Å². The van der Waals surface area contributed by atoms with Gasteiger partial charge in [-0.05, 0) is 32.3 Å². The highest BCUT2D eigenvalue weighted by Gasteiger charge is 2.14. The minimum absolute atomic E-state index is 0.107. The number of carbonyl (C=O) groups excluding carboxylic acids is 1. The molecule has 0 fully saturated rings. The minimum Gasteiger partial charge on any atom is -0.477 e. The number of aromatic carboxylic acids is 1. The Bertz CT molecular complexity index is 477. The van der Waals surface area contributed by atoms with E-state index in [1.54, 1.807) is 18.7 Å². The minimum atomic E-state index is -0.985. The van der Waals surface area contributed by atoms with Crippen LogP contribution in [0.2, 0.25) is 0 Å². The molecule has 0 saturated carbocycles. The lowest BCUT2D eigenvalue weighted by molar-refractivity contribution is 0.0701. The molecule has 20 heavy (non-hydrogen) atoms. The third kappa shape index (κ3) is 5.38. The van der Waals surface area contributed by atoms with Gasteiger partial charge in [-0.1, -0.05) is 0 Å². The molecule has 1 heterocycles. The van der Waals surface area contributed by atoms with Crippen molar-refractivity contribution in [1.29, 1.82) is 0 Å². The van der Waals surface area contributed by atoms with E-state index in [4.69, 9.17) is 5.11 Å². The number of carboxylic acid groups (broad SMARTS) is 1. The lowest BCUT2D eigenvalue weighted by Crippen LogP contribution is -2.40. The summed E-state index contributed by atoms with van der Waals surface area (Å²) in [6.45, 7) is 3.83. The molecular weight excluding hydrogens is 298 g/mol. The average Bonchev–Trinajstić information content (AvgIpc) is 2.75. The van der Waals surface area contributed by atoms with E-state index in [-0.39, 0.29) is 23.5 Å². The summed E-state index contributed by atoms with van der Waals surface area (Å²) in [6, 6.07) is -0.154. The molecule has 0 spiro atoms. The molecule has 1 unspecified atom stereocenters. The van der Waals surface area contributed by atoms with Crippen molar-refractivity contribution in [3.05, 3.63) is 15.6 Å². The van der Waals surface area contributed by atoms with Crippen molar-refractivity contribution in [3.63, 3.8) is 0 Å². The zero-order chi connectivity index (χ0) is 15.1. The summed E-state index contributed by atoms with van der Waals surface area (Å²) in [5.41, 5.74) is 0.480. The smallest absolute Gasteiger partial charge is 0.347 e. The molecule has 0 aliphatic carbocycles. The molecule has 1 aromatic heterocycles. The zero-order valence-corrected chi connectivity index (χ0v) is 13.4. The van der Waals surface area contributed by atoms with E-state index in [1.165, 1.54) is 0 Å². The number of rotatable bonds is 7. The van der Waals surface area contributed by atoms with Crippen LogP contribution in [0.1, 0.15) is 33.7 Å². The van der Waals surface area contributed by atoms with Crippen LogP contribution in [0.5, 0.6) is 0 Å². The van der Waals surface area contributed by atoms with Crippen molar-refractivity contribution in [2.24, 2.45) is 0 Å². The number of aromatic nitrogens is 1. The summed E-state index contributed by atoms with van der Waals surface area (Å²) < 4.78 is 0. The van der Waals surface area contributed by atoms with Crippen LogP contribution in [-0.2, 0) is 6.54 Å². The summed E-state index contributed by atoms with van der Waals surface area (Å²) in [5.74, 6) is 0.0103. The van der Waals surface area contributed by atoms with Crippen LogP contribution in [0.25, 0.3) is 0 Å². The first-order valence-corrected chi connectivity index (χ1v) is 8.38. The standard InChI is InChI=1S/C12H19N3O3S2/c1-7(4-5-19-3)14-12(18)13-6-9-15-8(2)10(20-9)11(16)17/h7H,4-6H2,1-3H3,(H,16,17)(H2,13,14,18). The Balaban J connectivity index is 2.41. The number of hydrogen-bond acceptors (Lipinski definition) is 5. The highest BCUT2D eigenvalue weighted by Crippen LogP contribution is 2.17. The Morgan fingerprint density at radius 3 is 2.75 bits per heavy atom. The van der Waals surface area contributed by atoms with E-state index in [0.29, 0.717) is 10.7 Å². The summed E-state index contributed by atoms with van der Waals surface area (Å²) >= 11 is 2.82. The normalized spacial score (nSPS) is 11.9. The maximum Gasteiger partial charge on any atom is 0.347 e. The van der Waals surface area contributed by atoms with Gasteiger partial charge in [0.05, 0.1) is 12.2 Å². The summed E-state index contributed by atoms with van der Waals surface area (Å²) in [4.78, 5) is 26.9. The van der Waals surface area contributed by atoms with Crippen LogP contribution in [0, 0.1) is 6.92 Å². The van der Waals surface area contributed by atoms with E-state index < -0.39 is 5.97 Å². The fourth-order valence-electron chi connectivity index (χ4n) is 1.52. The Hall–Kier alpha value is -1.28. The fourth-order valence-corrected chi connectivity index (χ4v) is 2.96.